The summed E-state index contributed by atoms with van der Waals surface area (Å²) >= 11 is 0. The summed E-state index contributed by atoms with van der Waals surface area (Å²) in [4.78, 5) is 11.4. The molecule has 4 heteroatoms. The number of carbonyl (C=O) groups is 1. The number of carboxylic acid groups (broad SMARTS) is 1. The van der Waals surface area contributed by atoms with Crippen molar-refractivity contribution in [3.8, 4) is 16.9 Å². The zero-order valence-electron chi connectivity index (χ0n) is 14.7. The van der Waals surface area contributed by atoms with Gasteiger partial charge in [0.1, 0.15) is 11.8 Å². The maximum atomic E-state index is 11.4. The Morgan fingerprint density at radius 2 is 1.92 bits per heavy atom. The number of nitrogens with one attached hydrogen (secondary N) is 1. The zero-order chi connectivity index (χ0) is 17.7. The third kappa shape index (κ3) is 4.15. The molecule has 2 rings (SSSR count). The van der Waals surface area contributed by atoms with Crippen molar-refractivity contribution >= 4 is 5.97 Å². The van der Waals surface area contributed by atoms with Gasteiger partial charge in [0, 0.05) is 12.1 Å². The Hall–Kier alpha value is -2.33. The van der Waals surface area contributed by atoms with E-state index in [0.717, 1.165) is 16.9 Å². The first-order valence-corrected chi connectivity index (χ1v) is 8.13. The summed E-state index contributed by atoms with van der Waals surface area (Å²) in [6.07, 6.45) is 0. The lowest BCUT2D eigenvalue weighted by Crippen LogP contribution is -2.40. The van der Waals surface area contributed by atoms with Crippen LogP contribution in [0.2, 0.25) is 0 Å². The fourth-order valence-electron chi connectivity index (χ4n) is 2.81. The number of benzene rings is 2. The first-order chi connectivity index (χ1) is 11.4. The molecule has 2 aromatic rings. The molecule has 0 aliphatic heterocycles. The van der Waals surface area contributed by atoms with Crippen LogP contribution in [0.4, 0.5) is 0 Å². The van der Waals surface area contributed by atoms with Crippen LogP contribution in [0.1, 0.15) is 25.0 Å². The molecule has 0 bridgehead atoms. The van der Waals surface area contributed by atoms with E-state index in [9.17, 15) is 9.90 Å². The smallest absolute Gasteiger partial charge is 0.320 e. The highest BCUT2D eigenvalue weighted by Gasteiger charge is 2.21. The number of methoxy groups -OCH3 is 1. The topological polar surface area (TPSA) is 58.6 Å². The molecule has 0 aromatic heterocycles. The van der Waals surface area contributed by atoms with Crippen LogP contribution in [0.25, 0.3) is 11.1 Å². The van der Waals surface area contributed by atoms with Crippen molar-refractivity contribution in [2.75, 3.05) is 7.11 Å². The van der Waals surface area contributed by atoms with E-state index in [1.165, 1.54) is 11.1 Å². The standard InChI is InChI=1S/C20H25NO3/c1-13(2)19(20(22)23)21-12-16-11-15(9-10-18(16)24-4)17-8-6-5-7-14(17)3/h5-11,13,19,21H,12H2,1-4H3,(H,22,23)/t19-/m1/s1. The maximum Gasteiger partial charge on any atom is 0.320 e. The molecule has 4 nitrogen and oxygen atoms in total. The number of hydrogen-bond donors (Lipinski definition) is 2. The van der Waals surface area contributed by atoms with Gasteiger partial charge in [-0.25, -0.2) is 0 Å². The molecule has 0 saturated heterocycles. The SMILES string of the molecule is COc1ccc(-c2ccccc2C)cc1CN[C@@H](C(=O)O)C(C)C. The van der Waals surface area contributed by atoms with Crippen LogP contribution in [-0.4, -0.2) is 24.2 Å². The molecule has 0 unspecified atom stereocenters. The zero-order valence-corrected chi connectivity index (χ0v) is 14.7. The molecule has 2 aromatic carbocycles. The van der Waals surface area contributed by atoms with Gasteiger partial charge in [0.05, 0.1) is 7.11 Å². The van der Waals surface area contributed by atoms with Crippen molar-refractivity contribution in [2.24, 2.45) is 5.92 Å². The molecule has 0 aliphatic carbocycles. The van der Waals surface area contributed by atoms with Crippen molar-refractivity contribution in [3.05, 3.63) is 53.6 Å². The average molecular weight is 327 g/mol. The Balaban J connectivity index is 2.30. The number of carboxylic acids is 1. The Morgan fingerprint density at radius 1 is 1.21 bits per heavy atom. The van der Waals surface area contributed by atoms with Gasteiger partial charge in [-0.1, -0.05) is 44.2 Å². The van der Waals surface area contributed by atoms with Gasteiger partial charge in [-0.2, -0.15) is 0 Å². The fraction of sp³-hybridized carbons (Fsp3) is 0.350. The van der Waals surface area contributed by atoms with Crippen LogP contribution >= 0.6 is 0 Å². The fourth-order valence-corrected chi connectivity index (χ4v) is 2.81. The second-order valence-electron chi connectivity index (χ2n) is 6.28. The molecule has 0 heterocycles. The van der Waals surface area contributed by atoms with Crippen molar-refractivity contribution in [1.82, 2.24) is 5.32 Å². The number of aliphatic carboxylic acids is 1. The lowest BCUT2D eigenvalue weighted by Gasteiger charge is -2.19. The van der Waals surface area contributed by atoms with E-state index in [-0.39, 0.29) is 5.92 Å². The third-order valence-electron chi connectivity index (χ3n) is 4.18. The van der Waals surface area contributed by atoms with Crippen molar-refractivity contribution in [3.63, 3.8) is 0 Å². The van der Waals surface area contributed by atoms with E-state index in [4.69, 9.17) is 4.74 Å². The van der Waals surface area contributed by atoms with Gasteiger partial charge in [-0.15, -0.1) is 0 Å². The van der Waals surface area contributed by atoms with E-state index >= 15 is 0 Å². The van der Waals surface area contributed by atoms with E-state index in [0.29, 0.717) is 6.54 Å². The second-order valence-corrected chi connectivity index (χ2v) is 6.28. The number of hydrogen-bond acceptors (Lipinski definition) is 3. The van der Waals surface area contributed by atoms with Gasteiger partial charge in [0.2, 0.25) is 0 Å². The lowest BCUT2D eigenvalue weighted by atomic mass is 9.98. The monoisotopic (exact) mass is 327 g/mol. The lowest BCUT2D eigenvalue weighted by molar-refractivity contribution is -0.140. The van der Waals surface area contributed by atoms with Gasteiger partial charge in [-0.05, 0) is 41.7 Å². The number of ether oxygens (including phenoxy) is 1. The molecule has 0 amide bonds. The molecule has 24 heavy (non-hydrogen) atoms. The first-order valence-electron chi connectivity index (χ1n) is 8.13. The van der Waals surface area contributed by atoms with Crippen LogP contribution in [0.15, 0.2) is 42.5 Å². The summed E-state index contributed by atoms with van der Waals surface area (Å²) in [6, 6.07) is 13.6. The van der Waals surface area contributed by atoms with Crippen molar-refractivity contribution in [2.45, 2.75) is 33.4 Å². The third-order valence-corrected chi connectivity index (χ3v) is 4.18. The summed E-state index contributed by atoms with van der Waals surface area (Å²) < 4.78 is 5.43. The number of aryl methyl sites for hydroxylation is 1. The predicted octanol–water partition coefficient (Wildman–Crippen LogP) is 3.87. The molecule has 2 N–H and O–H groups in total. The molecule has 0 spiro atoms. The average Bonchev–Trinajstić information content (AvgIpc) is 2.54. The highest BCUT2D eigenvalue weighted by molar-refractivity contribution is 5.74. The van der Waals surface area contributed by atoms with Crippen molar-refractivity contribution < 1.29 is 14.6 Å². The molecular weight excluding hydrogens is 302 g/mol. The van der Waals surface area contributed by atoms with Crippen LogP contribution in [0.5, 0.6) is 5.75 Å². The summed E-state index contributed by atoms with van der Waals surface area (Å²) in [7, 11) is 1.63. The van der Waals surface area contributed by atoms with Crippen LogP contribution < -0.4 is 10.1 Å². The van der Waals surface area contributed by atoms with Crippen LogP contribution in [-0.2, 0) is 11.3 Å². The van der Waals surface area contributed by atoms with E-state index < -0.39 is 12.0 Å². The molecule has 0 fully saturated rings. The maximum absolute atomic E-state index is 11.4. The summed E-state index contributed by atoms with van der Waals surface area (Å²) in [5, 5.41) is 12.4. The van der Waals surface area contributed by atoms with Gasteiger partial charge in [0.25, 0.3) is 0 Å². The highest BCUT2D eigenvalue weighted by atomic mass is 16.5. The van der Waals surface area contributed by atoms with Gasteiger partial charge in [-0.3, -0.25) is 10.1 Å². The summed E-state index contributed by atoms with van der Waals surface area (Å²) in [5.41, 5.74) is 4.42. The molecule has 0 aliphatic rings. The minimum absolute atomic E-state index is 0.00745. The minimum atomic E-state index is -0.834. The Morgan fingerprint density at radius 3 is 2.50 bits per heavy atom. The van der Waals surface area contributed by atoms with Crippen LogP contribution in [0, 0.1) is 12.8 Å². The molecular formula is C20H25NO3. The van der Waals surface area contributed by atoms with Crippen LogP contribution in [0.3, 0.4) is 0 Å². The Bertz CT molecular complexity index is 710. The largest absolute Gasteiger partial charge is 0.496 e. The minimum Gasteiger partial charge on any atom is -0.496 e. The highest BCUT2D eigenvalue weighted by Crippen LogP contribution is 2.28. The van der Waals surface area contributed by atoms with Gasteiger partial charge < -0.3 is 9.84 Å². The molecule has 0 radical (unpaired) electrons. The van der Waals surface area contributed by atoms with Gasteiger partial charge in [0.15, 0.2) is 0 Å². The predicted molar refractivity (Wildman–Crippen MR) is 96.3 cm³/mol. The summed E-state index contributed by atoms with van der Waals surface area (Å²) in [5.74, 6) is -0.0696. The molecule has 1 atom stereocenters. The van der Waals surface area contributed by atoms with E-state index in [1.54, 1.807) is 7.11 Å². The first kappa shape index (κ1) is 18.0. The summed E-state index contributed by atoms with van der Waals surface area (Å²) in [6.45, 7) is 6.31. The molecule has 128 valence electrons. The Kier molecular flexibility index (Phi) is 5.99. The second kappa shape index (κ2) is 7.97. The van der Waals surface area contributed by atoms with Crippen molar-refractivity contribution in [1.29, 1.82) is 0 Å². The van der Waals surface area contributed by atoms with E-state index in [1.807, 2.05) is 38.1 Å². The Labute approximate surface area is 143 Å². The van der Waals surface area contributed by atoms with Gasteiger partial charge >= 0.3 is 5.97 Å². The molecule has 0 saturated carbocycles. The van der Waals surface area contributed by atoms with E-state index in [2.05, 4.69) is 30.4 Å². The quantitative estimate of drug-likeness (QED) is 0.810. The number of rotatable bonds is 7. The normalized spacial score (nSPS) is 12.2.